The number of carbonyl (C=O) groups is 1. The lowest BCUT2D eigenvalue weighted by Crippen LogP contribution is -2.32. The zero-order chi connectivity index (χ0) is 23.7. The zero-order valence-electron chi connectivity index (χ0n) is 17.8. The van der Waals surface area contributed by atoms with Crippen molar-refractivity contribution in [3.63, 3.8) is 0 Å². The molecule has 0 aliphatic rings. The van der Waals surface area contributed by atoms with Gasteiger partial charge in [-0.15, -0.1) is 0 Å². The van der Waals surface area contributed by atoms with Crippen molar-refractivity contribution in [3.05, 3.63) is 96.1 Å². The second-order valence-electron chi connectivity index (χ2n) is 6.88. The second-order valence-corrected chi connectivity index (χ2v) is 9.06. The molecule has 33 heavy (non-hydrogen) atoms. The fourth-order valence-electron chi connectivity index (χ4n) is 2.78. The molecule has 0 fully saturated rings. The van der Waals surface area contributed by atoms with Gasteiger partial charge in [0, 0.05) is 18.3 Å². The standard InChI is InChI=1S/C24H23N3O4S2/c1-31-21-12-7-18(8-13-21)9-16-23(28)27-24(32)26-20-10-14-22(15-11-20)33(29,30)25-17-19-5-3-2-4-6-19/h2-16,25H,17H2,1H3,(H2,26,27,28,32). The Kier molecular flexibility index (Phi) is 8.31. The predicted molar refractivity (Wildman–Crippen MR) is 133 cm³/mol. The lowest BCUT2D eigenvalue weighted by molar-refractivity contribution is -0.115. The topological polar surface area (TPSA) is 96.5 Å². The van der Waals surface area contributed by atoms with E-state index < -0.39 is 15.9 Å². The van der Waals surface area contributed by atoms with Crippen LogP contribution in [0.15, 0.2) is 89.8 Å². The summed E-state index contributed by atoms with van der Waals surface area (Å²) >= 11 is 5.15. The summed E-state index contributed by atoms with van der Waals surface area (Å²) in [5.74, 6) is 0.334. The Labute approximate surface area is 198 Å². The highest BCUT2D eigenvalue weighted by Crippen LogP contribution is 2.15. The van der Waals surface area contributed by atoms with Crippen LogP contribution in [-0.2, 0) is 21.4 Å². The molecule has 7 nitrogen and oxygen atoms in total. The van der Waals surface area contributed by atoms with E-state index in [1.165, 1.54) is 18.2 Å². The average Bonchev–Trinajstić information content (AvgIpc) is 2.83. The molecule has 9 heteroatoms. The molecule has 3 rings (SSSR count). The van der Waals surface area contributed by atoms with Crippen molar-refractivity contribution in [2.75, 3.05) is 12.4 Å². The quantitative estimate of drug-likeness (QED) is 0.335. The molecule has 1 amide bonds. The van der Waals surface area contributed by atoms with E-state index in [0.717, 1.165) is 16.9 Å². The van der Waals surface area contributed by atoms with Crippen molar-refractivity contribution in [3.8, 4) is 5.75 Å². The van der Waals surface area contributed by atoms with Crippen LogP contribution >= 0.6 is 12.2 Å². The molecule has 170 valence electrons. The molecule has 3 N–H and O–H groups in total. The number of benzene rings is 3. The van der Waals surface area contributed by atoms with Crippen LogP contribution in [0.25, 0.3) is 6.08 Å². The third-order valence-corrected chi connectivity index (χ3v) is 6.13. The monoisotopic (exact) mass is 481 g/mol. The first kappa shape index (κ1) is 24.1. The number of thiocarbonyl (C=S) groups is 1. The molecule has 0 saturated heterocycles. The van der Waals surface area contributed by atoms with E-state index in [2.05, 4.69) is 15.4 Å². The van der Waals surface area contributed by atoms with Gasteiger partial charge in [-0.3, -0.25) is 10.1 Å². The Hall–Kier alpha value is -3.53. The molecule has 0 aliphatic heterocycles. The van der Waals surface area contributed by atoms with E-state index in [-0.39, 0.29) is 16.6 Å². The summed E-state index contributed by atoms with van der Waals surface area (Å²) < 4.78 is 32.6. The third-order valence-electron chi connectivity index (χ3n) is 4.51. The SMILES string of the molecule is COc1ccc(C=CC(=O)NC(=S)Nc2ccc(S(=O)(=O)NCc3ccccc3)cc2)cc1. The first-order chi connectivity index (χ1) is 15.9. The smallest absolute Gasteiger partial charge is 0.250 e. The number of ether oxygens (including phenoxy) is 1. The Balaban J connectivity index is 1.51. The maximum absolute atomic E-state index is 12.5. The summed E-state index contributed by atoms with van der Waals surface area (Å²) in [5, 5.41) is 5.49. The number of methoxy groups -OCH3 is 1. The van der Waals surface area contributed by atoms with Crippen molar-refractivity contribution >= 4 is 45.0 Å². The number of anilines is 1. The second kappa shape index (κ2) is 11.4. The van der Waals surface area contributed by atoms with E-state index in [9.17, 15) is 13.2 Å². The predicted octanol–water partition coefficient (Wildman–Crippen LogP) is 3.70. The maximum atomic E-state index is 12.5. The first-order valence-corrected chi connectivity index (χ1v) is 11.8. The third kappa shape index (κ3) is 7.53. The van der Waals surface area contributed by atoms with E-state index in [4.69, 9.17) is 17.0 Å². The number of sulfonamides is 1. The number of carbonyl (C=O) groups excluding carboxylic acids is 1. The lowest BCUT2D eigenvalue weighted by atomic mass is 10.2. The number of rotatable bonds is 8. The molecule has 0 unspecified atom stereocenters. The van der Waals surface area contributed by atoms with Crippen LogP contribution in [0, 0.1) is 0 Å². The molecule has 0 atom stereocenters. The minimum Gasteiger partial charge on any atom is -0.497 e. The number of hydrogen-bond donors (Lipinski definition) is 3. The largest absolute Gasteiger partial charge is 0.497 e. The summed E-state index contributed by atoms with van der Waals surface area (Å²) in [6.07, 6.45) is 3.02. The fourth-order valence-corrected chi connectivity index (χ4v) is 4.01. The lowest BCUT2D eigenvalue weighted by Gasteiger charge is -2.10. The van der Waals surface area contributed by atoms with Crippen LogP contribution in [0.2, 0.25) is 0 Å². The Bertz CT molecular complexity index is 1220. The highest BCUT2D eigenvalue weighted by molar-refractivity contribution is 7.89. The molecule has 0 radical (unpaired) electrons. The van der Waals surface area contributed by atoms with Gasteiger partial charge in [-0.1, -0.05) is 42.5 Å². The van der Waals surface area contributed by atoms with E-state index in [1.807, 2.05) is 42.5 Å². The normalized spacial score (nSPS) is 11.2. The molecule has 0 spiro atoms. The van der Waals surface area contributed by atoms with Crippen molar-refractivity contribution in [2.24, 2.45) is 0 Å². The van der Waals surface area contributed by atoms with E-state index >= 15 is 0 Å². The summed E-state index contributed by atoms with van der Waals surface area (Å²) in [6.45, 7) is 0.198. The van der Waals surface area contributed by atoms with Crippen LogP contribution in [0.3, 0.4) is 0 Å². The average molecular weight is 482 g/mol. The van der Waals surface area contributed by atoms with Gasteiger partial charge in [0.15, 0.2) is 5.11 Å². The highest BCUT2D eigenvalue weighted by Gasteiger charge is 2.13. The molecule has 0 saturated carbocycles. The van der Waals surface area contributed by atoms with Crippen molar-refractivity contribution in [1.82, 2.24) is 10.0 Å². The Morgan fingerprint density at radius 3 is 2.27 bits per heavy atom. The summed E-state index contributed by atoms with van der Waals surface area (Å²) in [5.41, 5.74) is 2.24. The van der Waals surface area contributed by atoms with Gasteiger partial charge in [-0.25, -0.2) is 13.1 Å². The van der Waals surface area contributed by atoms with Crippen LogP contribution < -0.4 is 20.1 Å². The summed E-state index contributed by atoms with van der Waals surface area (Å²) in [4.78, 5) is 12.2. The number of nitrogens with one attached hydrogen (secondary N) is 3. The molecule has 0 aliphatic carbocycles. The van der Waals surface area contributed by atoms with Crippen LogP contribution in [0.5, 0.6) is 5.75 Å². The van der Waals surface area contributed by atoms with Crippen LogP contribution in [-0.4, -0.2) is 26.5 Å². The van der Waals surface area contributed by atoms with Gasteiger partial charge in [0.05, 0.1) is 12.0 Å². The summed E-state index contributed by atoms with van der Waals surface area (Å²) in [6, 6.07) is 22.6. The molecular formula is C24H23N3O4S2. The van der Waals surface area contributed by atoms with E-state index in [1.54, 1.807) is 37.5 Å². The minimum atomic E-state index is -3.66. The van der Waals surface area contributed by atoms with Crippen molar-refractivity contribution in [2.45, 2.75) is 11.4 Å². The molecule has 0 heterocycles. The van der Waals surface area contributed by atoms with Gasteiger partial charge in [0.2, 0.25) is 15.9 Å². The number of hydrogen-bond acceptors (Lipinski definition) is 5. The molecule has 0 aromatic heterocycles. The highest BCUT2D eigenvalue weighted by atomic mass is 32.2. The maximum Gasteiger partial charge on any atom is 0.250 e. The molecule has 3 aromatic carbocycles. The fraction of sp³-hybridized carbons (Fsp3) is 0.0833. The van der Waals surface area contributed by atoms with Gasteiger partial charge in [0.1, 0.15) is 5.75 Å². The molecule has 3 aromatic rings. The Morgan fingerprint density at radius 1 is 0.970 bits per heavy atom. The Morgan fingerprint density at radius 2 is 1.64 bits per heavy atom. The van der Waals surface area contributed by atoms with Gasteiger partial charge < -0.3 is 10.1 Å². The number of amides is 1. The van der Waals surface area contributed by atoms with Gasteiger partial charge in [-0.05, 0) is 65.8 Å². The summed E-state index contributed by atoms with van der Waals surface area (Å²) in [7, 11) is -2.07. The first-order valence-electron chi connectivity index (χ1n) is 9.93. The van der Waals surface area contributed by atoms with E-state index in [0.29, 0.717) is 5.69 Å². The molecular weight excluding hydrogens is 458 g/mol. The van der Waals surface area contributed by atoms with Gasteiger partial charge >= 0.3 is 0 Å². The van der Waals surface area contributed by atoms with Crippen molar-refractivity contribution in [1.29, 1.82) is 0 Å². The van der Waals surface area contributed by atoms with Crippen LogP contribution in [0.4, 0.5) is 5.69 Å². The van der Waals surface area contributed by atoms with Crippen molar-refractivity contribution < 1.29 is 17.9 Å². The van der Waals surface area contributed by atoms with Gasteiger partial charge in [-0.2, -0.15) is 0 Å². The van der Waals surface area contributed by atoms with Gasteiger partial charge in [0.25, 0.3) is 0 Å². The zero-order valence-corrected chi connectivity index (χ0v) is 19.4. The van der Waals surface area contributed by atoms with Crippen LogP contribution in [0.1, 0.15) is 11.1 Å². The molecule has 0 bridgehead atoms. The minimum absolute atomic E-state index is 0.0946.